The van der Waals surface area contributed by atoms with E-state index in [-0.39, 0.29) is 36.0 Å². The second-order valence-corrected chi connectivity index (χ2v) is 9.39. The summed E-state index contributed by atoms with van der Waals surface area (Å²) >= 11 is 0. The fraction of sp³-hybridized carbons (Fsp3) is 0.667. The number of nitrogens with zero attached hydrogens (tertiary/aromatic N) is 1. The number of carbonyl (C=O) groups excluding carboxylic acids is 1. The molecule has 0 aromatic heterocycles. The number of phenolic OH excluding ortho intramolecular Hbond substituents is 1. The Balaban J connectivity index is 1.61. The highest BCUT2D eigenvalue weighted by Gasteiger charge is 2.54. The van der Waals surface area contributed by atoms with Gasteiger partial charge in [-0.2, -0.15) is 0 Å². The molecule has 0 saturated carbocycles. The highest BCUT2D eigenvalue weighted by Crippen LogP contribution is 2.53. The molecular weight excluding hydrogens is 346 g/mol. The monoisotopic (exact) mass is 375 g/mol. The van der Waals surface area contributed by atoms with Crippen molar-refractivity contribution in [3.8, 4) is 11.5 Å². The van der Waals surface area contributed by atoms with E-state index in [2.05, 4.69) is 13.8 Å². The number of amides is 1. The first-order valence-corrected chi connectivity index (χ1v) is 9.72. The molecule has 0 radical (unpaired) electrons. The predicted octanol–water partition coefficient (Wildman–Crippen LogP) is 4.02. The van der Waals surface area contributed by atoms with Crippen LogP contribution in [-0.2, 0) is 9.47 Å². The Bertz CT molecular complexity index is 753. The first-order valence-electron chi connectivity index (χ1n) is 9.72. The van der Waals surface area contributed by atoms with Crippen molar-refractivity contribution in [1.82, 2.24) is 4.90 Å². The Morgan fingerprint density at radius 1 is 1.33 bits per heavy atom. The lowest BCUT2D eigenvalue weighted by Crippen LogP contribution is -2.55. The molecule has 6 nitrogen and oxygen atoms in total. The van der Waals surface area contributed by atoms with Crippen molar-refractivity contribution < 1.29 is 24.1 Å². The molecule has 2 fully saturated rings. The molecule has 148 valence electrons. The Morgan fingerprint density at radius 2 is 2.07 bits per heavy atom. The van der Waals surface area contributed by atoms with Crippen LogP contribution >= 0.6 is 0 Å². The average Bonchev–Trinajstić information content (AvgIpc) is 2.96. The smallest absolute Gasteiger partial charge is 0.410 e. The summed E-state index contributed by atoms with van der Waals surface area (Å²) in [6.07, 6.45) is 1.14. The normalized spacial score (nSPS) is 31.4. The van der Waals surface area contributed by atoms with E-state index in [0.29, 0.717) is 6.54 Å². The van der Waals surface area contributed by atoms with Gasteiger partial charge in [-0.3, -0.25) is 0 Å². The van der Waals surface area contributed by atoms with Gasteiger partial charge in [-0.15, -0.1) is 0 Å². The van der Waals surface area contributed by atoms with E-state index in [9.17, 15) is 9.90 Å². The van der Waals surface area contributed by atoms with Crippen LogP contribution in [0.1, 0.15) is 59.1 Å². The fourth-order valence-corrected chi connectivity index (χ4v) is 4.63. The van der Waals surface area contributed by atoms with Gasteiger partial charge in [0, 0.05) is 18.0 Å². The maximum atomic E-state index is 12.7. The number of phenols is 1. The second kappa shape index (κ2) is 6.03. The van der Waals surface area contributed by atoms with Crippen molar-refractivity contribution >= 4 is 6.09 Å². The number of hydrogen-bond donors (Lipinski definition) is 1. The SMILES string of the molecule is CC(C)(C)OC(=O)N1CC[C@@H]2O[C@@H]3c4cc(O)ccc4OC(C)(C)[C@H]3C[C@H]21. The lowest BCUT2D eigenvalue weighted by molar-refractivity contribution is -0.161. The van der Waals surface area contributed by atoms with Crippen molar-refractivity contribution in [3.63, 3.8) is 0 Å². The van der Waals surface area contributed by atoms with Gasteiger partial charge in [0.2, 0.25) is 0 Å². The molecule has 4 atom stereocenters. The average molecular weight is 375 g/mol. The van der Waals surface area contributed by atoms with Gasteiger partial charge < -0.3 is 24.2 Å². The number of hydrogen-bond acceptors (Lipinski definition) is 5. The van der Waals surface area contributed by atoms with Crippen molar-refractivity contribution in [1.29, 1.82) is 0 Å². The van der Waals surface area contributed by atoms with E-state index in [4.69, 9.17) is 14.2 Å². The van der Waals surface area contributed by atoms with Gasteiger partial charge in [-0.25, -0.2) is 4.79 Å². The fourth-order valence-electron chi connectivity index (χ4n) is 4.63. The number of likely N-dealkylation sites (tertiary alicyclic amines) is 1. The molecule has 3 aliphatic rings. The van der Waals surface area contributed by atoms with Crippen LogP contribution in [0.5, 0.6) is 11.5 Å². The number of aromatic hydroxyl groups is 1. The number of rotatable bonds is 0. The highest BCUT2D eigenvalue weighted by atomic mass is 16.6. The Kier molecular flexibility index (Phi) is 4.11. The molecule has 1 aromatic rings. The molecule has 0 spiro atoms. The summed E-state index contributed by atoms with van der Waals surface area (Å²) in [5.41, 5.74) is -0.0490. The molecule has 4 rings (SSSR count). The Labute approximate surface area is 160 Å². The van der Waals surface area contributed by atoms with E-state index < -0.39 is 11.2 Å². The zero-order chi connectivity index (χ0) is 19.6. The molecule has 0 bridgehead atoms. The van der Waals surface area contributed by atoms with Crippen LogP contribution in [0.3, 0.4) is 0 Å². The molecule has 1 aromatic carbocycles. The van der Waals surface area contributed by atoms with Crippen LogP contribution in [-0.4, -0.2) is 46.0 Å². The summed E-state index contributed by atoms with van der Waals surface area (Å²) in [4.78, 5) is 14.5. The van der Waals surface area contributed by atoms with Crippen LogP contribution in [0.4, 0.5) is 4.79 Å². The number of fused-ring (bicyclic) bond motifs is 4. The quantitative estimate of drug-likeness (QED) is 0.742. The van der Waals surface area contributed by atoms with E-state index in [1.807, 2.05) is 25.7 Å². The van der Waals surface area contributed by atoms with Gasteiger partial charge in [0.05, 0.1) is 18.2 Å². The van der Waals surface area contributed by atoms with Crippen molar-refractivity contribution in [2.45, 2.75) is 76.9 Å². The number of ether oxygens (including phenoxy) is 3. The third-order valence-corrected chi connectivity index (χ3v) is 5.86. The molecule has 2 saturated heterocycles. The van der Waals surface area contributed by atoms with E-state index in [0.717, 1.165) is 24.2 Å². The van der Waals surface area contributed by atoms with Crippen LogP contribution < -0.4 is 4.74 Å². The summed E-state index contributed by atoms with van der Waals surface area (Å²) in [5.74, 6) is 1.05. The molecule has 3 aliphatic heterocycles. The molecule has 27 heavy (non-hydrogen) atoms. The minimum atomic E-state index is -0.517. The largest absolute Gasteiger partial charge is 0.508 e. The van der Waals surface area contributed by atoms with Crippen LogP contribution in [0, 0.1) is 5.92 Å². The molecule has 1 amide bonds. The zero-order valence-corrected chi connectivity index (χ0v) is 16.7. The summed E-state index contributed by atoms with van der Waals surface area (Å²) in [5, 5.41) is 9.94. The number of carbonyl (C=O) groups is 1. The van der Waals surface area contributed by atoms with Gasteiger partial charge in [-0.05, 0) is 65.7 Å². The summed E-state index contributed by atoms with van der Waals surface area (Å²) < 4.78 is 18.3. The molecule has 1 N–H and O–H groups in total. The van der Waals surface area contributed by atoms with E-state index in [1.165, 1.54) is 0 Å². The minimum Gasteiger partial charge on any atom is -0.508 e. The van der Waals surface area contributed by atoms with Crippen LogP contribution in [0.25, 0.3) is 0 Å². The molecule has 0 unspecified atom stereocenters. The predicted molar refractivity (Wildman–Crippen MR) is 99.9 cm³/mol. The first kappa shape index (κ1) is 18.4. The molecule has 0 aliphatic carbocycles. The minimum absolute atomic E-state index is 0.0113. The lowest BCUT2D eigenvalue weighted by Gasteiger charge is -2.50. The van der Waals surface area contributed by atoms with Crippen molar-refractivity contribution in [2.24, 2.45) is 5.92 Å². The molecule has 3 heterocycles. The first-order chi connectivity index (χ1) is 12.5. The van der Waals surface area contributed by atoms with Crippen molar-refractivity contribution in [2.75, 3.05) is 6.54 Å². The topological polar surface area (TPSA) is 68.2 Å². The lowest BCUT2D eigenvalue weighted by atomic mass is 9.74. The second-order valence-electron chi connectivity index (χ2n) is 9.39. The zero-order valence-electron chi connectivity index (χ0n) is 16.7. The Hall–Kier alpha value is -1.95. The van der Waals surface area contributed by atoms with E-state index in [1.54, 1.807) is 18.2 Å². The van der Waals surface area contributed by atoms with Crippen LogP contribution in [0.2, 0.25) is 0 Å². The van der Waals surface area contributed by atoms with Gasteiger partial charge >= 0.3 is 6.09 Å². The summed E-state index contributed by atoms with van der Waals surface area (Å²) in [7, 11) is 0. The maximum Gasteiger partial charge on any atom is 0.410 e. The van der Waals surface area contributed by atoms with Gasteiger partial charge in [0.25, 0.3) is 0 Å². The van der Waals surface area contributed by atoms with Gasteiger partial charge in [0.15, 0.2) is 0 Å². The molecule has 6 heteroatoms. The van der Waals surface area contributed by atoms with Crippen LogP contribution in [0.15, 0.2) is 18.2 Å². The summed E-state index contributed by atoms with van der Waals surface area (Å²) in [6.45, 7) is 10.4. The standard InChI is InChI=1S/C21H29NO5/c1-20(2,3)27-19(24)22-9-8-17-15(22)11-14-18(25-17)13-10-12(23)6-7-16(13)26-21(14,4)5/h6-7,10,14-15,17-18,23H,8-9,11H2,1-5H3/t14-,15+,17-,18+/m0/s1. The summed E-state index contributed by atoms with van der Waals surface area (Å²) in [6, 6.07) is 5.17. The van der Waals surface area contributed by atoms with E-state index >= 15 is 0 Å². The maximum absolute atomic E-state index is 12.7. The molecular formula is C21H29NO5. The Morgan fingerprint density at radius 3 is 2.78 bits per heavy atom. The van der Waals surface area contributed by atoms with Gasteiger partial charge in [-0.1, -0.05) is 0 Å². The third-order valence-electron chi connectivity index (χ3n) is 5.86. The van der Waals surface area contributed by atoms with Crippen molar-refractivity contribution in [3.05, 3.63) is 23.8 Å². The number of benzene rings is 1. The highest BCUT2D eigenvalue weighted by molar-refractivity contribution is 5.69. The van der Waals surface area contributed by atoms with Gasteiger partial charge in [0.1, 0.15) is 22.7 Å². The third kappa shape index (κ3) is 3.24.